The minimum absolute atomic E-state index is 0.465. The van der Waals surface area contributed by atoms with E-state index < -0.39 is 0 Å². The summed E-state index contributed by atoms with van der Waals surface area (Å²) in [6, 6.07) is 5.38. The molecule has 1 aromatic rings. The number of methoxy groups -OCH3 is 2. The molecule has 0 saturated heterocycles. The first-order valence-electron chi connectivity index (χ1n) is 5.29. The highest BCUT2D eigenvalue weighted by molar-refractivity contribution is 6.17. The van der Waals surface area contributed by atoms with Gasteiger partial charge >= 0.3 is 0 Å². The third kappa shape index (κ3) is 5.15. The molecule has 0 bridgehead atoms. The lowest BCUT2D eigenvalue weighted by Gasteiger charge is -2.10. The van der Waals surface area contributed by atoms with E-state index in [-0.39, 0.29) is 0 Å². The molecule has 1 rings (SSSR count). The SMILES string of the molecule is COc1cc(OC)cc(OCCOCCCl)c1. The Hall–Kier alpha value is -1.13. The van der Waals surface area contributed by atoms with Crippen LogP contribution < -0.4 is 14.2 Å². The van der Waals surface area contributed by atoms with Crippen molar-refractivity contribution in [1.82, 2.24) is 0 Å². The fraction of sp³-hybridized carbons (Fsp3) is 0.500. The predicted molar refractivity (Wildman–Crippen MR) is 66.6 cm³/mol. The standard InChI is InChI=1S/C12H17ClO4/c1-14-10-7-11(15-2)9-12(8-10)17-6-5-16-4-3-13/h7-9H,3-6H2,1-2H3. The van der Waals surface area contributed by atoms with Crippen molar-refractivity contribution in [2.24, 2.45) is 0 Å². The van der Waals surface area contributed by atoms with Crippen molar-refractivity contribution in [3.63, 3.8) is 0 Å². The maximum atomic E-state index is 5.51. The molecule has 0 amide bonds. The summed E-state index contributed by atoms with van der Waals surface area (Å²) in [6.07, 6.45) is 0. The van der Waals surface area contributed by atoms with Crippen molar-refractivity contribution in [3.8, 4) is 17.2 Å². The van der Waals surface area contributed by atoms with Gasteiger partial charge in [0.25, 0.3) is 0 Å². The van der Waals surface area contributed by atoms with Crippen molar-refractivity contribution < 1.29 is 18.9 Å². The number of halogens is 1. The molecule has 96 valence electrons. The second-order valence-corrected chi connectivity index (χ2v) is 3.58. The molecule has 5 heteroatoms. The number of ether oxygens (including phenoxy) is 4. The van der Waals surface area contributed by atoms with Crippen LogP contribution in [0.15, 0.2) is 18.2 Å². The van der Waals surface area contributed by atoms with Crippen LogP contribution in [-0.4, -0.2) is 39.9 Å². The van der Waals surface area contributed by atoms with Crippen LogP contribution >= 0.6 is 11.6 Å². The van der Waals surface area contributed by atoms with Gasteiger partial charge in [0.2, 0.25) is 0 Å². The van der Waals surface area contributed by atoms with Gasteiger partial charge in [0.15, 0.2) is 0 Å². The molecule has 0 aliphatic heterocycles. The predicted octanol–water partition coefficient (Wildman–Crippen LogP) is 2.34. The number of alkyl halides is 1. The smallest absolute Gasteiger partial charge is 0.126 e. The summed E-state index contributed by atoms with van der Waals surface area (Å²) in [5.41, 5.74) is 0. The lowest BCUT2D eigenvalue weighted by atomic mass is 10.3. The van der Waals surface area contributed by atoms with Crippen LogP contribution in [0.25, 0.3) is 0 Å². The Morgan fingerprint density at radius 1 is 0.882 bits per heavy atom. The van der Waals surface area contributed by atoms with Gasteiger partial charge in [0.05, 0.1) is 27.4 Å². The van der Waals surface area contributed by atoms with Gasteiger partial charge in [0, 0.05) is 24.1 Å². The Morgan fingerprint density at radius 2 is 1.47 bits per heavy atom. The van der Waals surface area contributed by atoms with Gasteiger partial charge in [-0.15, -0.1) is 11.6 Å². The molecule has 1 aromatic carbocycles. The first-order chi connectivity index (χ1) is 8.30. The highest BCUT2D eigenvalue weighted by Crippen LogP contribution is 2.27. The minimum Gasteiger partial charge on any atom is -0.496 e. The van der Waals surface area contributed by atoms with E-state index in [4.69, 9.17) is 30.5 Å². The van der Waals surface area contributed by atoms with E-state index in [2.05, 4.69) is 0 Å². The largest absolute Gasteiger partial charge is 0.496 e. The zero-order valence-corrected chi connectivity index (χ0v) is 10.8. The van der Waals surface area contributed by atoms with Crippen LogP contribution in [0.1, 0.15) is 0 Å². The Balaban J connectivity index is 2.46. The highest BCUT2D eigenvalue weighted by Gasteiger charge is 2.02. The van der Waals surface area contributed by atoms with Gasteiger partial charge in [-0.2, -0.15) is 0 Å². The van der Waals surface area contributed by atoms with E-state index in [9.17, 15) is 0 Å². The average Bonchev–Trinajstić information content (AvgIpc) is 2.38. The molecule has 0 radical (unpaired) electrons. The summed E-state index contributed by atoms with van der Waals surface area (Å²) in [5.74, 6) is 2.57. The summed E-state index contributed by atoms with van der Waals surface area (Å²) >= 11 is 5.48. The van der Waals surface area contributed by atoms with Crippen LogP contribution in [0.2, 0.25) is 0 Å². The fourth-order valence-corrected chi connectivity index (χ4v) is 1.35. The molecule has 0 saturated carbocycles. The van der Waals surface area contributed by atoms with Crippen molar-refractivity contribution in [2.45, 2.75) is 0 Å². The van der Waals surface area contributed by atoms with Gasteiger partial charge < -0.3 is 18.9 Å². The monoisotopic (exact) mass is 260 g/mol. The Morgan fingerprint density at radius 3 is 2.00 bits per heavy atom. The Kier molecular flexibility index (Phi) is 6.58. The number of rotatable bonds is 8. The van der Waals surface area contributed by atoms with Gasteiger partial charge in [-0.25, -0.2) is 0 Å². The van der Waals surface area contributed by atoms with Gasteiger partial charge in [-0.1, -0.05) is 0 Å². The summed E-state index contributed by atoms with van der Waals surface area (Å²) in [6.45, 7) is 1.51. The van der Waals surface area contributed by atoms with E-state index in [1.165, 1.54) is 0 Å². The summed E-state index contributed by atoms with van der Waals surface area (Å²) in [7, 11) is 3.20. The van der Waals surface area contributed by atoms with Crippen molar-refractivity contribution in [2.75, 3.05) is 39.9 Å². The maximum Gasteiger partial charge on any atom is 0.126 e. The third-order valence-corrected chi connectivity index (χ3v) is 2.20. The lowest BCUT2D eigenvalue weighted by molar-refractivity contribution is 0.111. The number of hydrogen-bond donors (Lipinski definition) is 0. The first-order valence-corrected chi connectivity index (χ1v) is 5.83. The van der Waals surface area contributed by atoms with Crippen LogP contribution in [-0.2, 0) is 4.74 Å². The quantitative estimate of drug-likeness (QED) is 0.531. The molecule has 4 nitrogen and oxygen atoms in total. The van der Waals surface area contributed by atoms with Gasteiger partial charge in [-0.05, 0) is 0 Å². The van der Waals surface area contributed by atoms with Gasteiger partial charge in [0.1, 0.15) is 23.9 Å². The first kappa shape index (κ1) is 13.9. The van der Waals surface area contributed by atoms with Crippen molar-refractivity contribution in [3.05, 3.63) is 18.2 Å². The average molecular weight is 261 g/mol. The molecule has 0 aliphatic carbocycles. The minimum atomic E-state index is 0.465. The van der Waals surface area contributed by atoms with E-state index in [0.717, 1.165) is 0 Å². The normalized spacial score (nSPS) is 10.1. The molecule has 0 N–H and O–H groups in total. The van der Waals surface area contributed by atoms with Crippen LogP contribution in [0, 0.1) is 0 Å². The van der Waals surface area contributed by atoms with E-state index in [1.54, 1.807) is 32.4 Å². The molecule has 0 spiro atoms. The molecule has 0 heterocycles. The summed E-state index contributed by atoms with van der Waals surface area (Å²) in [5, 5.41) is 0. The molecule has 0 unspecified atom stereocenters. The Bertz CT molecular complexity index is 308. The molecule has 0 aromatic heterocycles. The topological polar surface area (TPSA) is 36.9 Å². The summed E-state index contributed by atoms with van der Waals surface area (Å²) < 4.78 is 21.0. The number of benzene rings is 1. The van der Waals surface area contributed by atoms with Crippen molar-refractivity contribution >= 4 is 11.6 Å². The fourth-order valence-electron chi connectivity index (χ4n) is 1.24. The van der Waals surface area contributed by atoms with Crippen molar-refractivity contribution in [1.29, 1.82) is 0 Å². The zero-order chi connectivity index (χ0) is 12.5. The van der Waals surface area contributed by atoms with E-state index in [1.807, 2.05) is 0 Å². The molecule has 0 fully saturated rings. The van der Waals surface area contributed by atoms with Crippen LogP contribution in [0.4, 0.5) is 0 Å². The molecule has 0 aliphatic rings. The molecule has 0 atom stereocenters. The summed E-state index contributed by atoms with van der Waals surface area (Å²) in [4.78, 5) is 0. The zero-order valence-electron chi connectivity index (χ0n) is 10.1. The maximum absolute atomic E-state index is 5.51. The molecular formula is C12H17ClO4. The van der Waals surface area contributed by atoms with Gasteiger partial charge in [-0.3, -0.25) is 0 Å². The van der Waals surface area contributed by atoms with E-state index >= 15 is 0 Å². The van der Waals surface area contributed by atoms with E-state index in [0.29, 0.717) is 42.9 Å². The van der Waals surface area contributed by atoms with Crippen LogP contribution in [0.5, 0.6) is 17.2 Å². The highest BCUT2D eigenvalue weighted by atomic mass is 35.5. The molecule has 17 heavy (non-hydrogen) atoms. The lowest BCUT2D eigenvalue weighted by Crippen LogP contribution is -2.08. The second kappa shape index (κ2) is 8.03. The number of hydrogen-bond acceptors (Lipinski definition) is 4. The van der Waals surface area contributed by atoms with Crippen LogP contribution in [0.3, 0.4) is 0 Å². The second-order valence-electron chi connectivity index (χ2n) is 3.20. The third-order valence-electron chi connectivity index (χ3n) is 2.04. The molecular weight excluding hydrogens is 244 g/mol. The Labute approximate surface area is 106 Å².